The molecule has 0 aliphatic heterocycles. The number of fused-ring (bicyclic) bond motifs is 1. The third-order valence-electron chi connectivity index (χ3n) is 2.99. The van der Waals surface area contributed by atoms with E-state index in [-0.39, 0.29) is 17.9 Å². The highest BCUT2D eigenvalue weighted by Gasteiger charge is 2.55. The molecule has 0 aromatic heterocycles. The van der Waals surface area contributed by atoms with Crippen molar-refractivity contribution in [3.63, 3.8) is 0 Å². The number of hydrogen-bond acceptors (Lipinski definition) is 3. The number of nitrogens with two attached hydrogens (primary N) is 1. The number of esters is 1. The Morgan fingerprint density at radius 1 is 1.45 bits per heavy atom. The molecule has 0 amide bonds. The zero-order valence-corrected chi connectivity index (χ0v) is 6.62. The average Bonchev–Trinajstić information content (AvgIpc) is 2.72. The molecule has 0 spiro atoms. The predicted molar refractivity (Wildman–Crippen MR) is 39.7 cm³/mol. The molecule has 62 valence electrons. The van der Waals surface area contributed by atoms with Gasteiger partial charge < -0.3 is 10.5 Å². The molecule has 2 aliphatic rings. The Morgan fingerprint density at radius 2 is 2.18 bits per heavy atom. The van der Waals surface area contributed by atoms with E-state index in [2.05, 4.69) is 4.74 Å². The Morgan fingerprint density at radius 3 is 2.55 bits per heavy atom. The van der Waals surface area contributed by atoms with E-state index in [0.29, 0.717) is 11.8 Å². The minimum absolute atomic E-state index is 0.0644. The van der Waals surface area contributed by atoms with Gasteiger partial charge in [-0.15, -0.1) is 0 Å². The summed E-state index contributed by atoms with van der Waals surface area (Å²) < 4.78 is 4.69. The minimum Gasteiger partial charge on any atom is -0.469 e. The van der Waals surface area contributed by atoms with Gasteiger partial charge in [0.05, 0.1) is 13.0 Å². The fourth-order valence-corrected chi connectivity index (χ4v) is 2.26. The Hall–Kier alpha value is -0.570. The monoisotopic (exact) mass is 155 g/mol. The molecule has 0 saturated heterocycles. The zero-order valence-electron chi connectivity index (χ0n) is 6.62. The van der Waals surface area contributed by atoms with Crippen molar-refractivity contribution >= 4 is 5.97 Å². The summed E-state index contributed by atoms with van der Waals surface area (Å²) >= 11 is 0. The molecule has 4 unspecified atom stereocenters. The lowest BCUT2D eigenvalue weighted by molar-refractivity contribution is -0.145. The SMILES string of the molecule is COC(=O)C1CC(N)C2CC12. The molecule has 0 bridgehead atoms. The quantitative estimate of drug-likeness (QED) is 0.548. The number of carbonyl (C=O) groups is 1. The number of carbonyl (C=O) groups excluding carboxylic acids is 1. The highest BCUT2D eigenvalue weighted by Crippen LogP contribution is 2.54. The summed E-state index contributed by atoms with van der Waals surface area (Å²) in [6.45, 7) is 0. The highest BCUT2D eigenvalue weighted by molar-refractivity contribution is 5.74. The van der Waals surface area contributed by atoms with E-state index >= 15 is 0 Å². The summed E-state index contributed by atoms with van der Waals surface area (Å²) in [7, 11) is 1.45. The maximum absolute atomic E-state index is 11.1. The van der Waals surface area contributed by atoms with Crippen LogP contribution in [0.3, 0.4) is 0 Å². The summed E-state index contributed by atoms with van der Waals surface area (Å²) in [6.07, 6.45) is 1.98. The van der Waals surface area contributed by atoms with Crippen molar-refractivity contribution in [1.82, 2.24) is 0 Å². The van der Waals surface area contributed by atoms with Crippen LogP contribution in [0.4, 0.5) is 0 Å². The van der Waals surface area contributed by atoms with Crippen LogP contribution in [0.15, 0.2) is 0 Å². The van der Waals surface area contributed by atoms with Crippen LogP contribution >= 0.6 is 0 Å². The molecule has 2 aliphatic carbocycles. The van der Waals surface area contributed by atoms with E-state index in [1.807, 2.05) is 0 Å². The standard InChI is InChI=1S/C8H13NO2/c1-11-8(10)6-3-7(9)5-2-4(5)6/h4-7H,2-3,9H2,1H3. The summed E-state index contributed by atoms with van der Waals surface area (Å²) in [5.41, 5.74) is 5.80. The lowest BCUT2D eigenvalue weighted by Gasteiger charge is -2.09. The molecule has 4 atom stereocenters. The van der Waals surface area contributed by atoms with Crippen LogP contribution in [-0.2, 0) is 9.53 Å². The molecule has 2 fully saturated rings. The van der Waals surface area contributed by atoms with Crippen molar-refractivity contribution in [2.24, 2.45) is 23.5 Å². The minimum atomic E-state index is -0.0644. The van der Waals surface area contributed by atoms with Gasteiger partial charge in [0.1, 0.15) is 0 Å². The third kappa shape index (κ3) is 0.948. The molecule has 0 heterocycles. The predicted octanol–water partition coefficient (Wildman–Crippen LogP) is 0.143. The lowest BCUT2D eigenvalue weighted by atomic mass is 10.0. The number of rotatable bonds is 1. The first kappa shape index (κ1) is 7.10. The van der Waals surface area contributed by atoms with Gasteiger partial charge in [-0.3, -0.25) is 4.79 Å². The van der Waals surface area contributed by atoms with E-state index in [0.717, 1.165) is 12.8 Å². The molecule has 2 N–H and O–H groups in total. The van der Waals surface area contributed by atoms with Crippen LogP contribution in [0.2, 0.25) is 0 Å². The number of methoxy groups -OCH3 is 1. The van der Waals surface area contributed by atoms with Gasteiger partial charge in [0, 0.05) is 6.04 Å². The number of ether oxygens (including phenoxy) is 1. The van der Waals surface area contributed by atoms with Crippen LogP contribution in [0.5, 0.6) is 0 Å². The third-order valence-corrected chi connectivity index (χ3v) is 2.99. The fraction of sp³-hybridized carbons (Fsp3) is 0.875. The maximum atomic E-state index is 11.1. The van der Waals surface area contributed by atoms with E-state index < -0.39 is 0 Å². The van der Waals surface area contributed by atoms with Crippen molar-refractivity contribution in [3.05, 3.63) is 0 Å². The second-order valence-corrected chi connectivity index (χ2v) is 3.59. The van der Waals surface area contributed by atoms with E-state index in [1.165, 1.54) is 7.11 Å². The molecule has 3 nitrogen and oxygen atoms in total. The first-order chi connectivity index (χ1) is 5.24. The van der Waals surface area contributed by atoms with Crippen LogP contribution in [0.25, 0.3) is 0 Å². The Kier molecular flexibility index (Phi) is 1.42. The lowest BCUT2D eigenvalue weighted by Crippen LogP contribution is -2.23. The Labute approximate surface area is 65.9 Å². The molecule has 2 saturated carbocycles. The van der Waals surface area contributed by atoms with Gasteiger partial charge in [-0.05, 0) is 24.7 Å². The molecular weight excluding hydrogens is 142 g/mol. The Balaban J connectivity index is 2.02. The Bertz CT molecular complexity index is 193. The fourth-order valence-electron chi connectivity index (χ4n) is 2.26. The van der Waals surface area contributed by atoms with Crippen LogP contribution in [0.1, 0.15) is 12.8 Å². The second kappa shape index (κ2) is 2.21. The first-order valence-corrected chi connectivity index (χ1v) is 4.07. The van der Waals surface area contributed by atoms with Crippen molar-refractivity contribution in [2.45, 2.75) is 18.9 Å². The molecule has 3 heteroatoms. The van der Waals surface area contributed by atoms with Gasteiger partial charge >= 0.3 is 5.97 Å². The molecular formula is C8H13NO2. The van der Waals surface area contributed by atoms with Crippen molar-refractivity contribution < 1.29 is 9.53 Å². The van der Waals surface area contributed by atoms with E-state index in [9.17, 15) is 4.79 Å². The van der Waals surface area contributed by atoms with Gasteiger partial charge in [0.15, 0.2) is 0 Å². The largest absolute Gasteiger partial charge is 0.469 e. The summed E-state index contributed by atoms with van der Waals surface area (Å²) in [4.78, 5) is 11.1. The van der Waals surface area contributed by atoms with E-state index in [1.54, 1.807) is 0 Å². The van der Waals surface area contributed by atoms with Crippen LogP contribution < -0.4 is 5.73 Å². The van der Waals surface area contributed by atoms with Crippen molar-refractivity contribution in [3.8, 4) is 0 Å². The molecule has 2 rings (SSSR count). The van der Waals surface area contributed by atoms with Crippen molar-refractivity contribution in [2.75, 3.05) is 7.11 Å². The molecule has 0 aromatic carbocycles. The maximum Gasteiger partial charge on any atom is 0.309 e. The summed E-state index contributed by atoms with van der Waals surface area (Å²) in [6, 6.07) is 0.254. The zero-order chi connectivity index (χ0) is 8.01. The smallest absolute Gasteiger partial charge is 0.309 e. The molecule has 0 radical (unpaired) electrons. The van der Waals surface area contributed by atoms with Gasteiger partial charge in [-0.1, -0.05) is 0 Å². The normalized spacial score (nSPS) is 46.7. The van der Waals surface area contributed by atoms with Crippen molar-refractivity contribution in [1.29, 1.82) is 0 Å². The topological polar surface area (TPSA) is 52.3 Å². The summed E-state index contributed by atoms with van der Waals surface area (Å²) in [5.74, 6) is 1.22. The average molecular weight is 155 g/mol. The van der Waals surface area contributed by atoms with Crippen LogP contribution in [0, 0.1) is 17.8 Å². The van der Waals surface area contributed by atoms with Gasteiger partial charge in [-0.25, -0.2) is 0 Å². The first-order valence-electron chi connectivity index (χ1n) is 4.07. The van der Waals surface area contributed by atoms with Crippen LogP contribution in [-0.4, -0.2) is 19.1 Å². The highest BCUT2D eigenvalue weighted by atomic mass is 16.5. The van der Waals surface area contributed by atoms with Gasteiger partial charge in [0.25, 0.3) is 0 Å². The van der Waals surface area contributed by atoms with Gasteiger partial charge in [0.2, 0.25) is 0 Å². The molecule has 0 aromatic rings. The summed E-state index contributed by atoms with van der Waals surface area (Å²) in [5, 5.41) is 0. The number of hydrogen-bond donors (Lipinski definition) is 1. The molecule has 11 heavy (non-hydrogen) atoms. The second-order valence-electron chi connectivity index (χ2n) is 3.59. The van der Waals surface area contributed by atoms with E-state index in [4.69, 9.17) is 5.73 Å². The van der Waals surface area contributed by atoms with Gasteiger partial charge in [-0.2, -0.15) is 0 Å².